The zero-order valence-electron chi connectivity index (χ0n) is 7.38. The van der Waals surface area contributed by atoms with Crippen molar-refractivity contribution in [1.29, 1.82) is 0 Å². The molecule has 0 fully saturated rings. The van der Waals surface area contributed by atoms with Gasteiger partial charge in [0.2, 0.25) is 0 Å². The van der Waals surface area contributed by atoms with Gasteiger partial charge in [-0.1, -0.05) is 19.4 Å². The molecule has 0 aliphatic rings. The number of rotatable bonds is 2. The first kappa shape index (κ1) is 8.67. The van der Waals surface area contributed by atoms with Crippen molar-refractivity contribution >= 4 is 5.70 Å². The Morgan fingerprint density at radius 1 is 1.33 bits per heavy atom. The Labute approximate surface area is 73.7 Å². The number of nitrogens with zero attached hydrogens (tertiary/aromatic N) is 1. The highest BCUT2D eigenvalue weighted by Crippen LogP contribution is 2.05. The highest BCUT2D eigenvalue weighted by molar-refractivity contribution is 5.45. The average molecular weight is 159 g/mol. The van der Waals surface area contributed by atoms with Crippen molar-refractivity contribution in [3.05, 3.63) is 31.1 Å². The summed E-state index contributed by atoms with van der Waals surface area (Å²) in [6.45, 7) is 5.98. The Balaban J connectivity index is 2.51. The molecule has 0 aliphatic heterocycles. The van der Waals surface area contributed by atoms with Gasteiger partial charge in [0, 0.05) is 30.9 Å². The third-order valence-electron chi connectivity index (χ3n) is 1.56. The van der Waals surface area contributed by atoms with Crippen LogP contribution in [0.5, 0.6) is 0 Å². The molecule has 1 aromatic heterocycles. The molecule has 0 aliphatic carbocycles. The van der Waals surface area contributed by atoms with Crippen molar-refractivity contribution in [3.8, 4) is 11.8 Å². The maximum Gasteiger partial charge on any atom is 0.0491 e. The first-order chi connectivity index (χ1) is 5.84. The van der Waals surface area contributed by atoms with Gasteiger partial charge in [-0.2, -0.15) is 0 Å². The van der Waals surface area contributed by atoms with Gasteiger partial charge in [-0.3, -0.25) is 0 Å². The lowest BCUT2D eigenvalue weighted by Gasteiger charge is -2.00. The van der Waals surface area contributed by atoms with Crippen LogP contribution in [0, 0.1) is 11.8 Å². The standard InChI is InChI=1S/C11H13N/c1-3-4-5-8-11(2)12-9-6-7-10-12/h6-7,9-10H,2-3,8H2,1H3. The van der Waals surface area contributed by atoms with Gasteiger partial charge < -0.3 is 4.57 Å². The lowest BCUT2D eigenvalue weighted by atomic mass is 10.3. The molecule has 0 unspecified atom stereocenters. The molecule has 12 heavy (non-hydrogen) atoms. The molecule has 1 heterocycles. The van der Waals surface area contributed by atoms with E-state index in [2.05, 4.69) is 18.4 Å². The smallest absolute Gasteiger partial charge is 0.0491 e. The number of hydrogen-bond donors (Lipinski definition) is 0. The fourth-order valence-electron chi connectivity index (χ4n) is 0.926. The second-order valence-corrected chi connectivity index (χ2v) is 2.54. The summed E-state index contributed by atoms with van der Waals surface area (Å²) in [5.74, 6) is 6.07. The quantitative estimate of drug-likeness (QED) is 0.585. The van der Waals surface area contributed by atoms with Crippen LogP contribution in [0.2, 0.25) is 0 Å². The lowest BCUT2D eigenvalue weighted by molar-refractivity contribution is 1.07. The minimum atomic E-state index is 0.752. The average Bonchev–Trinajstić information content (AvgIpc) is 2.56. The predicted molar refractivity (Wildman–Crippen MR) is 52.4 cm³/mol. The zero-order valence-corrected chi connectivity index (χ0v) is 7.38. The van der Waals surface area contributed by atoms with E-state index in [1.165, 1.54) is 0 Å². The molecule has 0 saturated carbocycles. The van der Waals surface area contributed by atoms with Crippen LogP contribution < -0.4 is 0 Å². The van der Waals surface area contributed by atoms with Crippen molar-refractivity contribution in [2.24, 2.45) is 0 Å². The van der Waals surface area contributed by atoms with Gasteiger partial charge in [-0.15, -0.1) is 5.92 Å². The topological polar surface area (TPSA) is 4.93 Å². The van der Waals surface area contributed by atoms with Crippen molar-refractivity contribution in [2.45, 2.75) is 19.8 Å². The summed E-state index contributed by atoms with van der Waals surface area (Å²) in [7, 11) is 0. The maximum atomic E-state index is 3.93. The molecule has 62 valence electrons. The van der Waals surface area contributed by atoms with Gasteiger partial charge in [-0.25, -0.2) is 0 Å². The van der Waals surface area contributed by atoms with Crippen molar-refractivity contribution in [2.75, 3.05) is 0 Å². The molecule has 0 bridgehead atoms. The lowest BCUT2D eigenvalue weighted by Crippen LogP contribution is -1.89. The molecule has 0 radical (unpaired) electrons. The van der Waals surface area contributed by atoms with Crippen LogP contribution in [0.15, 0.2) is 31.1 Å². The highest BCUT2D eigenvalue weighted by atomic mass is 14.9. The second-order valence-electron chi connectivity index (χ2n) is 2.54. The van der Waals surface area contributed by atoms with Crippen LogP contribution in [0.1, 0.15) is 19.8 Å². The van der Waals surface area contributed by atoms with Crippen LogP contribution in [0.3, 0.4) is 0 Å². The minimum Gasteiger partial charge on any atom is -0.327 e. The Kier molecular flexibility index (Phi) is 3.22. The van der Waals surface area contributed by atoms with Gasteiger partial charge in [0.05, 0.1) is 0 Å². The van der Waals surface area contributed by atoms with E-state index in [0.29, 0.717) is 0 Å². The Morgan fingerprint density at radius 3 is 2.58 bits per heavy atom. The fourth-order valence-corrected chi connectivity index (χ4v) is 0.926. The summed E-state index contributed by atoms with van der Waals surface area (Å²) in [6.07, 6.45) is 5.63. The summed E-state index contributed by atoms with van der Waals surface area (Å²) in [4.78, 5) is 0. The summed E-state index contributed by atoms with van der Waals surface area (Å²) in [6, 6.07) is 3.97. The zero-order chi connectivity index (χ0) is 8.81. The van der Waals surface area contributed by atoms with Crippen LogP contribution in [0.25, 0.3) is 5.70 Å². The predicted octanol–water partition coefficient (Wildman–Crippen LogP) is 2.76. The molecule has 1 rings (SSSR count). The third-order valence-corrected chi connectivity index (χ3v) is 1.56. The third kappa shape index (κ3) is 2.32. The van der Waals surface area contributed by atoms with E-state index in [1.54, 1.807) is 0 Å². The molecule has 0 N–H and O–H groups in total. The van der Waals surface area contributed by atoms with Crippen LogP contribution in [-0.4, -0.2) is 4.57 Å². The summed E-state index contributed by atoms with van der Waals surface area (Å²) < 4.78 is 1.99. The molecule has 0 amide bonds. The van der Waals surface area contributed by atoms with E-state index in [4.69, 9.17) is 0 Å². The molecule has 1 aromatic rings. The van der Waals surface area contributed by atoms with E-state index in [-0.39, 0.29) is 0 Å². The van der Waals surface area contributed by atoms with Crippen molar-refractivity contribution in [1.82, 2.24) is 4.57 Å². The minimum absolute atomic E-state index is 0.752. The highest BCUT2D eigenvalue weighted by Gasteiger charge is 1.90. The molecule has 1 nitrogen and oxygen atoms in total. The fraction of sp³-hybridized carbons (Fsp3) is 0.273. The Morgan fingerprint density at radius 2 is 2.00 bits per heavy atom. The van der Waals surface area contributed by atoms with Crippen LogP contribution in [-0.2, 0) is 0 Å². The summed E-state index contributed by atoms with van der Waals surface area (Å²) in [5.41, 5.74) is 1.03. The monoisotopic (exact) mass is 159 g/mol. The van der Waals surface area contributed by atoms with E-state index in [9.17, 15) is 0 Å². The van der Waals surface area contributed by atoms with Gasteiger partial charge in [0.15, 0.2) is 0 Å². The van der Waals surface area contributed by atoms with Gasteiger partial charge in [0.25, 0.3) is 0 Å². The van der Waals surface area contributed by atoms with E-state index < -0.39 is 0 Å². The number of aromatic nitrogens is 1. The van der Waals surface area contributed by atoms with Crippen molar-refractivity contribution in [3.63, 3.8) is 0 Å². The van der Waals surface area contributed by atoms with Crippen LogP contribution in [0.4, 0.5) is 0 Å². The molecule has 0 spiro atoms. The molecule has 0 aromatic carbocycles. The van der Waals surface area contributed by atoms with Gasteiger partial charge in [-0.05, 0) is 12.1 Å². The molecule has 0 atom stereocenters. The van der Waals surface area contributed by atoms with Gasteiger partial charge >= 0.3 is 0 Å². The van der Waals surface area contributed by atoms with Crippen molar-refractivity contribution < 1.29 is 0 Å². The first-order valence-corrected chi connectivity index (χ1v) is 4.11. The summed E-state index contributed by atoms with van der Waals surface area (Å²) >= 11 is 0. The number of hydrogen-bond acceptors (Lipinski definition) is 0. The maximum absolute atomic E-state index is 3.93. The molecule has 0 saturated heterocycles. The largest absolute Gasteiger partial charge is 0.327 e. The first-order valence-electron chi connectivity index (χ1n) is 4.11. The number of allylic oxidation sites excluding steroid dienone is 1. The normalized spacial score (nSPS) is 8.75. The Hall–Kier alpha value is -1.42. The second kappa shape index (κ2) is 4.46. The van der Waals surface area contributed by atoms with Gasteiger partial charge in [0.1, 0.15) is 0 Å². The SMILES string of the molecule is C=C(CC#CCC)n1cccc1. The molecular formula is C11H13N. The van der Waals surface area contributed by atoms with E-state index >= 15 is 0 Å². The molecule has 1 heteroatoms. The molecular weight excluding hydrogens is 146 g/mol. The summed E-state index contributed by atoms with van der Waals surface area (Å²) in [5, 5.41) is 0. The van der Waals surface area contributed by atoms with Crippen LogP contribution >= 0.6 is 0 Å². The Bertz CT molecular complexity index is 295. The van der Waals surface area contributed by atoms with E-state index in [0.717, 1.165) is 18.5 Å². The van der Waals surface area contributed by atoms with E-state index in [1.807, 2.05) is 36.0 Å².